The van der Waals surface area contributed by atoms with Gasteiger partial charge in [0.15, 0.2) is 0 Å². The van der Waals surface area contributed by atoms with Crippen LogP contribution in [0.25, 0.3) is 0 Å². The predicted octanol–water partition coefficient (Wildman–Crippen LogP) is 4.38. The molecule has 1 heterocycles. The highest BCUT2D eigenvalue weighted by atomic mass is 79.9. The number of hydrogen-bond acceptors (Lipinski definition) is 2. The molecule has 2 unspecified atom stereocenters. The van der Waals surface area contributed by atoms with E-state index >= 15 is 0 Å². The van der Waals surface area contributed by atoms with Gasteiger partial charge in [-0.15, -0.1) is 11.3 Å². The van der Waals surface area contributed by atoms with Gasteiger partial charge in [0, 0.05) is 21.2 Å². The molecule has 0 amide bonds. The molecule has 2 rings (SSSR count). The molecule has 1 aromatic heterocycles. The molecule has 2 atom stereocenters. The van der Waals surface area contributed by atoms with Crippen LogP contribution in [0.15, 0.2) is 15.9 Å². The standard InChI is InChI=1S/C13H19BrOS/c1-2-10-4-3-5-13(15,7-10)8-12-6-11(14)9-16-12/h6,9-10,15H,2-5,7-8H2,1H3. The van der Waals surface area contributed by atoms with E-state index in [0.717, 1.165) is 29.7 Å². The third-order valence-corrected chi connectivity index (χ3v) is 5.32. The molecule has 16 heavy (non-hydrogen) atoms. The number of aliphatic hydroxyl groups is 1. The van der Waals surface area contributed by atoms with Crippen LogP contribution in [-0.4, -0.2) is 10.7 Å². The van der Waals surface area contributed by atoms with Crippen molar-refractivity contribution >= 4 is 27.3 Å². The highest BCUT2D eigenvalue weighted by Crippen LogP contribution is 2.37. The highest BCUT2D eigenvalue weighted by Gasteiger charge is 2.33. The maximum Gasteiger partial charge on any atom is 0.0698 e. The van der Waals surface area contributed by atoms with E-state index in [4.69, 9.17) is 0 Å². The summed E-state index contributed by atoms with van der Waals surface area (Å²) in [4.78, 5) is 1.30. The zero-order valence-electron chi connectivity index (χ0n) is 9.71. The van der Waals surface area contributed by atoms with Gasteiger partial charge in [0.25, 0.3) is 0 Å². The molecule has 1 aliphatic rings. The van der Waals surface area contributed by atoms with E-state index in [1.807, 2.05) is 0 Å². The number of hydrogen-bond donors (Lipinski definition) is 1. The van der Waals surface area contributed by atoms with Crippen LogP contribution < -0.4 is 0 Å². The van der Waals surface area contributed by atoms with Crippen LogP contribution in [0.4, 0.5) is 0 Å². The summed E-state index contributed by atoms with van der Waals surface area (Å²) in [7, 11) is 0. The van der Waals surface area contributed by atoms with Crippen molar-refractivity contribution in [1.82, 2.24) is 0 Å². The fourth-order valence-electron chi connectivity index (χ4n) is 2.74. The summed E-state index contributed by atoms with van der Waals surface area (Å²) in [5, 5.41) is 12.7. The Hall–Kier alpha value is 0.140. The quantitative estimate of drug-likeness (QED) is 0.878. The van der Waals surface area contributed by atoms with Crippen molar-refractivity contribution < 1.29 is 5.11 Å². The molecule has 0 radical (unpaired) electrons. The minimum atomic E-state index is -0.441. The second-order valence-electron chi connectivity index (χ2n) is 5.00. The van der Waals surface area contributed by atoms with Gasteiger partial charge in [0.05, 0.1) is 5.60 Å². The molecule has 0 bridgehead atoms. The van der Waals surface area contributed by atoms with Crippen molar-refractivity contribution in [3.8, 4) is 0 Å². The van der Waals surface area contributed by atoms with E-state index in [9.17, 15) is 5.11 Å². The molecule has 0 saturated heterocycles. The van der Waals surface area contributed by atoms with Crippen LogP contribution in [0.5, 0.6) is 0 Å². The Morgan fingerprint density at radius 2 is 2.44 bits per heavy atom. The van der Waals surface area contributed by atoms with Gasteiger partial charge in [-0.3, -0.25) is 0 Å². The van der Waals surface area contributed by atoms with E-state index in [0.29, 0.717) is 0 Å². The lowest BCUT2D eigenvalue weighted by Gasteiger charge is -2.36. The first-order valence-electron chi connectivity index (χ1n) is 6.06. The van der Waals surface area contributed by atoms with Gasteiger partial charge >= 0.3 is 0 Å². The Morgan fingerprint density at radius 3 is 3.06 bits per heavy atom. The second kappa shape index (κ2) is 5.19. The largest absolute Gasteiger partial charge is 0.390 e. The van der Waals surface area contributed by atoms with Crippen LogP contribution >= 0.6 is 27.3 Å². The first kappa shape index (κ1) is 12.6. The Morgan fingerprint density at radius 1 is 1.62 bits per heavy atom. The summed E-state index contributed by atoms with van der Waals surface area (Å²) in [5.74, 6) is 0.724. The molecule has 1 saturated carbocycles. The van der Waals surface area contributed by atoms with Gasteiger partial charge in [-0.1, -0.05) is 26.2 Å². The summed E-state index contributed by atoms with van der Waals surface area (Å²) in [6, 6.07) is 2.14. The lowest BCUT2D eigenvalue weighted by Crippen LogP contribution is -2.37. The van der Waals surface area contributed by atoms with Crippen LogP contribution in [0.1, 0.15) is 43.9 Å². The zero-order valence-corrected chi connectivity index (χ0v) is 12.1. The second-order valence-corrected chi connectivity index (χ2v) is 6.91. The average molecular weight is 303 g/mol. The summed E-state index contributed by atoms with van der Waals surface area (Å²) in [5.41, 5.74) is -0.441. The first-order valence-corrected chi connectivity index (χ1v) is 7.74. The molecule has 0 aliphatic heterocycles. The Bertz CT molecular complexity index is 349. The molecule has 90 valence electrons. The van der Waals surface area contributed by atoms with E-state index in [1.54, 1.807) is 11.3 Å². The Labute approximate surface area is 110 Å². The topological polar surface area (TPSA) is 20.2 Å². The maximum atomic E-state index is 10.6. The molecule has 1 aliphatic carbocycles. The van der Waals surface area contributed by atoms with Crippen molar-refractivity contribution in [2.75, 3.05) is 0 Å². The normalized spacial score (nSPS) is 30.6. The van der Waals surface area contributed by atoms with Crippen LogP contribution in [0.2, 0.25) is 0 Å². The third-order valence-electron chi connectivity index (χ3n) is 3.63. The fraction of sp³-hybridized carbons (Fsp3) is 0.692. The average Bonchev–Trinajstić information content (AvgIpc) is 2.63. The first-order chi connectivity index (χ1) is 7.61. The van der Waals surface area contributed by atoms with Crippen molar-refractivity contribution in [3.63, 3.8) is 0 Å². The number of thiophene rings is 1. The van der Waals surface area contributed by atoms with E-state index in [2.05, 4.69) is 34.3 Å². The van der Waals surface area contributed by atoms with Gasteiger partial charge in [0.1, 0.15) is 0 Å². The summed E-state index contributed by atoms with van der Waals surface area (Å²) < 4.78 is 1.14. The highest BCUT2D eigenvalue weighted by molar-refractivity contribution is 9.10. The minimum absolute atomic E-state index is 0.441. The maximum absolute atomic E-state index is 10.6. The van der Waals surface area contributed by atoms with Gasteiger partial charge < -0.3 is 5.11 Å². The summed E-state index contributed by atoms with van der Waals surface area (Å²) in [6.45, 7) is 2.23. The van der Waals surface area contributed by atoms with Crippen LogP contribution in [-0.2, 0) is 6.42 Å². The molecule has 0 spiro atoms. The molecule has 1 aromatic rings. The van der Waals surface area contributed by atoms with Gasteiger partial charge in [0.2, 0.25) is 0 Å². The van der Waals surface area contributed by atoms with Gasteiger partial charge in [-0.05, 0) is 40.8 Å². The minimum Gasteiger partial charge on any atom is -0.390 e. The van der Waals surface area contributed by atoms with E-state index in [1.165, 1.54) is 24.1 Å². The molecule has 0 aromatic carbocycles. The number of halogens is 1. The molecule has 1 nitrogen and oxygen atoms in total. The third kappa shape index (κ3) is 3.08. The lowest BCUT2D eigenvalue weighted by atomic mass is 9.75. The molecule has 1 N–H and O–H groups in total. The van der Waals surface area contributed by atoms with Gasteiger partial charge in [-0.25, -0.2) is 0 Å². The van der Waals surface area contributed by atoms with Crippen molar-refractivity contribution in [2.45, 2.75) is 51.0 Å². The smallest absolute Gasteiger partial charge is 0.0698 e. The number of rotatable bonds is 3. The fourth-order valence-corrected chi connectivity index (χ4v) is 4.33. The zero-order chi connectivity index (χ0) is 11.6. The van der Waals surface area contributed by atoms with Crippen LogP contribution in [0.3, 0.4) is 0 Å². The Balaban J connectivity index is 2.01. The van der Waals surface area contributed by atoms with Crippen molar-refractivity contribution in [3.05, 3.63) is 20.8 Å². The van der Waals surface area contributed by atoms with Crippen molar-refractivity contribution in [2.24, 2.45) is 5.92 Å². The molecule has 3 heteroatoms. The SMILES string of the molecule is CCC1CCCC(O)(Cc2cc(Br)cs2)C1. The molecular weight excluding hydrogens is 284 g/mol. The van der Waals surface area contributed by atoms with Crippen molar-refractivity contribution in [1.29, 1.82) is 0 Å². The lowest BCUT2D eigenvalue weighted by molar-refractivity contribution is -0.0155. The molecule has 1 fully saturated rings. The molecular formula is C13H19BrOS. The summed E-state index contributed by atoms with van der Waals surface area (Å²) in [6.07, 6.45) is 6.47. The predicted molar refractivity (Wildman–Crippen MR) is 72.9 cm³/mol. The monoisotopic (exact) mass is 302 g/mol. The Kier molecular flexibility index (Phi) is 4.09. The van der Waals surface area contributed by atoms with E-state index < -0.39 is 5.60 Å². The van der Waals surface area contributed by atoms with Crippen LogP contribution in [0, 0.1) is 5.92 Å². The van der Waals surface area contributed by atoms with E-state index in [-0.39, 0.29) is 0 Å². The summed E-state index contributed by atoms with van der Waals surface area (Å²) >= 11 is 5.21. The van der Waals surface area contributed by atoms with Gasteiger partial charge in [-0.2, -0.15) is 0 Å².